The van der Waals surface area contributed by atoms with E-state index in [1.165, 1.54) is 23.3 Å². The lowest BCUT2D eigenvalue weighted by molar-refractivity contribution is -0.131. The summed E-state index contributed by atoms with van der Waals surface area (Å²) in [5.74, 6) is 0.128. The molecule has 4 N–H and O–H groups in total. The summed E-state index contributed by atoms with van der Waals surface area (Å²) in [5, 5.41) is 24.9. The Morgan fingerprint density at radius 2 is 1.74 bits per heavy atom. The first-order chi connectivity index (χ1) is 18.4. The molecule has 1 amide bonds. The van der Waals surface area contributed by atoms with Gasteiger partial charge in [-0.2, -0.15) is 0 Å². The van der Waals surface area contributed by atoms with Crippen LogP contribution in [-0.4, -0.2) is 45.1 Å². The van der Waals surface area contributed by atoms with Gasteiger partial charge in [0.2, 0.25) is 11.5 Å². The number of aliphatic hydroxyl groups is 1. The minimum Gasteiger partial charge on any atom is -0.506 e. The van der Waals surface area contributed by atoms with E-state index in [-0.39, 0.29) is 23.3 Å². The summed E-state index contributed by atoms with van der Waals surface area (Å²) in [4.78, 5) is 29.1. The molecule has 7 heteroatoms. The number of aromatic hydroxyl groups is 1. The van der Waals surface area contributed by atoms with Crippen LogP contribution >= 0.6 is 0 Å². The monoisotopic (exact) mass is 511 g/mol. The fraction of sp³-hybridized carbons (Fsp3) is 0.290. The van der Waals surface area contributed by atoms with Crippen molar-refractivity contribution in [2.45, 2.75) is 44.9 Å². The first-order valence-electron chi connectivity index (χ1n) is 13.1. The Kier molecular flexibility index (Phi) is 7.58. The molecule has 3 aromatic carbocycles. The summed E-state index contributed by atoms with van der Waals surface area (Å²) in [6.45, 7) is 3.83. The van der Waals surface area contributed by atoms with Gasteiger partial charge in [0.1, 0.15) is 5.75 Å². The van der Waals surface area contributed by atoms with E-state index < -0.39 is 6.10 Å². The van der Waals surface area contributed by atoms with E-state index >= 15 is 0 Å². The largest absolute Gasteiger partial charge is 0.506 e. The molecule has 196 valence electrons. The van der Waals surface area contributed by atoms with Gasteiger partial charge in [0.25, 0.3) is 0 Å². The Hall–Kier alpha value is -3.94. The minimum atomic E-state index is -0.804. The normalized spacial score (nSPS) is 14.7. The number of aromatic amines is 1. The molecule has 5 rings (SSSR count). The molecular weight excluding hydrogens is 478 g/mol. The fourth-order valence-electron chi connectivity index (χ4n) is 5.19. The van der Waals surface area contributed by atoms with E-state index in [4.69, 9.17) is 0 Å². The van der Waals surface area contributed by atoms with Crippen LogP contribution in [0.2, 0.25) is 0 Å². The zero-order valence-corrected chi connectivity index (χ0v) is 21.5. The number of nitrogens with one attached hydrogen (secondary N) is 2. The molecule has 1 aromatic heterocycles. The summed E-state index contributed by atoms with van der Waals surface area (Å²) in [7, 11) is 0. The minimum absolute atomic E-state index is 0.0265. The van der Waals surface area contributed by atoms with Gasteiger partial charge in [-0.05, 0) is 59.7 Å². The van der Waals surface area contributed by atoms with Gasteiger partial charge in [-0.3, -0.25) is 9.59 Å². The molecule has 0 saturated heterocycles. The predicted octanol–water partition coefficient (Wildman–Crippen LogP) is 3.62. The zero-order chi connectivity index (χ0) is 26.6. The highest BCUT2D eigenvalue weighted by molar-refractivity contribution is 5.87. The fourth-order valence-corrected chi connectivity index (χ4v) is 5.19. The van der Waals surface area contributed by atoms with Crippen LogP contribution in [0.1, 0.15) is 40.8 Å². The third kappa shape index (κ3) is 5.79. The lowest BCUT2D eigenvalue weighted by Crippen LogP contribution is -2.36. The number of fused-ring (bicyclic) bond motifs is 2. The van der Waals surface area contributed by atoms with Crippen molar-refractivity contribution >= 4 is 16.8 Å². The quantitative estimate of drug-likeness (QED) is 0.289. The maximum Gasteiger partial charge on any atom is 0.248 e. The number of carbonyl (C=O) groups excluding carboxylic acids is 1. The highest BCUT2D eigenvalue weighted by atomic mass is 16.3. The summed E-state index contributed by atoms with van der Waals surface area (Å²) in [6, 6.07) is 22.8. The van der Waals surface area contributed by atoms with Gasteiger partial charge < -0.3 is 25.4 Å². The number of hydrogen-bond acceptors (Lipinski definition) is 5. The van der Waals surface area contributed by atoms with E-state index in [1.54, 1.807) is 12.1 Å². The Balaban J connectivity index is 1.13. The smallest absolute Gasteiger partial charge is 0.248 e. The van der Waals surface area contributed by atoms with Gasteiger partial charge in [-0.15, -0.1) is 0 Å². The van der Waals surface area contributed by atoms with E-state index in [0.29, 0.717) is 36.0 Å². The molecule has 0 saturated carbocycles. The molecule has 0 aliphatic carbocycles. The molecule has 2 heterocycles. The van der Waals surface area contributed by atoms with E-state index in [1.807, 2.05) is 23.1 Å². The van der Waals surface area contributed by atoms with Crippen LogP contribution in [0.25, 0.3) is 10.9 Å². The number of H-pyrrole nitrogens is 1. The molecule has 1 aliphatic rings. The molecule has 2 atom stereocenters. The van der Waals surface area contributed by atoms with Gasteiger partial charge in [0.15, 0.2) is 0 Å². The molecule has 1 aliphatic heterocycles. The van der Waals surface area contributed by atoms with E-state index in [9.17, 15) is 19.8 Å². The summed E-state index contributed by atoms with van der Waals surface area (Å²) >= 11 is 0. The molecule has 4 aromatic rings. The number of phenolic OH excluding ortho intramolecular Hbond substituents is 1. The molecule has 38 heavy (non-hydrogen) atoms. The molecule has 0 bridgehead atoms. The number of aromatic nitrogens is 1. The maximum absolute atomic E-state index is 12.9. The highest BCUT2D eigenvalue weighted by Crippen LogP contribution is 2.28. The van der Waals surface area contributed by atoms with Crippen molar-refractivity contribution in [3.8, 4) is 5.75 Å². The van der Waals surface area contributed by atoms with Crippen LogP contribution in [0.3, 0.4) is 0 Å². The van der Waals surface area contributed by atoms with Crippen molar-refractivity contribution in [2.75, 3.05) is 13.1 Å². The second kappa shape index (κ2) is 11.2. The van der Waals surface area contributed by atoms with Crippen molar-refractivity contribution in [2.24, 2.45) is 0 Å². The SMILES string of the molecule is C[C@H](Cc1ccc(CC(=O)N2CCc3ccccc3C2)cc1)NC[C@H](O)c1ccc(O)c2[nH]c(=O)ccc12. The van der Waals surface area contributed by atoms with Gasteiger partial charge in [-0.1, -0.05) is 54.6 Å². The number of aliphatic hydroxyl groups excluding tert-OH is 1. The summed E-state index contributed by atoms with van der Waals surface area (Å²) in [6.07, 6.45) is 1.27. The van der Waals surface area contributed by atoms with Crippen LogP contribution < -0.4 is 10.9 Å². The first kappa shape index (κ1) is 25.7. The summed E-state index contributed by atoms with van der Waals surface area (Å²) in [5.41, 5.74) is 5.39. The van der Waals surface area contributed by atoms with Crippen molar-refractivity contribution in [3.63, 3.8) is 0 Å². The van der Waals surface area contributed by atoms with Crippen molar-refractivity contribution in [1.82, 2.24) is 15.2 Å². The standard InChI is InChI=1S/C31H33N3O4/c1-20(32-18-28(36)25-10-12-27(35)31-26(25)11-13-29(37)33-31)16-21-6-8-22(9-7-21)17-30(38)34-15-14-23-4-2-3-5-24(23)19-34/h2-13,20,28,32,35-36H,14-19H2,1H3,(H,33,37)/t20-,28+/m1/s1. The van der Waals surface area contributed by atoms with Gasteiger partial charge in [-0.25, -0.2) is 0 Å². The number of phenols is 1. The van der Waals surface area contributed by atoms with Gasteiger partial charge in [0, 0.05) is 37.1 Å². The number of pyridine rings is 1. The predicted molar refractivity (Wildman–Crippen MR) is 148 cm³/mol. The topological polar surface area (TPSA) is 106 Å². The van der Waals surface area contributed by atoms with Gasteiger partial charge in [0.05, 0.1) is 18.0 Å². The average Bonchev–Trinajstić information content (AvgIpc) is 2.93. The van der Waals surface area contributed by atoms with Crippen molar-refractivity contribution in [3.05, 3.63) is 111 Å². The number of amides is 1. The Labute approximate surface area is 221 Å². The maximum atomic E-state index is 12.9. The molecule has 0 radical (unpaired) electrons. The van der Waals surface area contributed by atoms with Crippen molar-refractivity contribution in [1.29, 1.82) is 0 Å². The lowest BCUT2D eigenvalue weighted by Gasteiger charge is -2.29. The van der Waals surface area contributed by atoms with Crippen LogP contribution in [0.15, 0.2) is 77.6 Å². The molecular formula is C31H33N3O4. The highest BCUT2D eigenvalue weighted by Gasteiger charge is 2.20. The second-order valence-electron chi connectivity index (χ2n) is 10.1. The third-order valence-electron chi connectivity index (χ3n) is 7.33. The average molecular weight is 512 g/mol. The van der Waals surface area contributed by atoms with Crippen molar-refractivity contribution < 1.29 is 15.0 Å². The second-order valence-corrected chi connectivity index (χ2v) is 10.1. The third-order valence-corrected chi connectivity index (χ3v) is 7.33. The summed E-state index contributed by atoms with van der Waals surface area (Å²) < 4.78 is 0. The Bertz CT molecular complexity index is 1500. The van der Waals surface area contributed by atoms with Gasteiger partial charge >= 0.3 is 0 Å². The molecule has 0 fully saturated rings. The van der Waals surface area contributed by atoms with Crippen LogP contribution in [0.4, 0.5) is 0 Å². The van der Waals surface area contributed by atoms with Crippen LogP contribution in [0.5, 0.6) is 5.75 Å². The Morgan fingerprint density at radius 1 is 1.00 bits per heavy atom. The molecule has 0 unspecified atom stereocenters. The van der Waals surface area contributed by atoms with E-state index in [0.717, 1.165) is 30.5 Å². The van der Waals surface area contributed by atoms with Crippen LogP contribution in [-0.2, 0) is 30.6 Å². The number of carbonyl (C=O) groups is 1. The number of hydrogen-bond donors (Lipinski definition) is 4. The number of rotatable bonds is 8. The number of nitrogens with zero attached hydrogens (tertiary/aromatic N) is 1. The number of benzene rings is 3. The lowest BCUT2D eigenvalue weighted by atomic mass is 9.99. The zero-order valence-electron chi connectivity index (χ0n) is 21.5. The first-order valence-corrected chi connectivity index (χ1v) is 13.1. The molecule has 7 nitrogen and oxygen atoms in total. The Morgan fingerprint density at radius 3 is 2.53 bits per heavy atom. The van der Waals surface area contributed by atoms with E-state index in [2.05, 4.69) is 47.6 Å². The molecule has 0 spiro atoms. The van der Waals surface area contributed by atoms with Crippen LogP contribution in [0, 0.1) is 0 Å².